The van der Waals surface area contributed by atoms with Crippen molar-refractivity contribution < 1.29 is 23.1 Å². The Labute approximate surface area is 118 Å². The van der Waals surface area contributed by atoms with Gasteiger partial charge in [0.1, 0.15) is 11.3 Å². The normalized spacial score (nSPS) is 26.2. The van der Waals surface area contributed by atoms with Crippen LogP contribution in [-0.4, -0.2) is 39.6 Å². The smallest absolute Gasteiger partial charge is 0.388 e. The van der Waals surface area contributed by atoms with Gasteiger partial charge in [-0.15, -0.1) is 0 Å². The SMILES string of the molecule is C[C@@H]1CN(C(=O)c2ccc(C(F)(F)F)[nH]c2=O)C[C@]1(C)O. The van der Waals surface area contributed by atoms with Gasteiger partial charge in [-0.25, -0.2) is 0 Å². The van der Waals surface area contributed by atoms with Crippen LogP contribution in [0.4, 0.5) is 13.2 Å². The van der Waals surface area contributed by atoms with Crippen LogP contribution in [0.15, 0.2) is 16.9 Å². The number of H-pyrrole nitrogens is 1. The van der Waals surface area contributed by atoms with E-state index in [1.807, 2.05) is 0 Å². The van der Waals surface area contributed by atoms with E-state index in [4.69, 9.17) is 0 Å². The van der Waals surface area contributed by atoms with Gasteiger partial charge >= 0.3 is 6.18 Å². The molecule has 1 aromatic rings. The maximum Gasteiger partial charge on any atom is 0.431 e. The fourth-order valence-corrected chi connectivity index (χ4v) is 2.27. The molecule has 1 amide bonds. The quantitative estimate of drug-likeness (QED) is 0.820. The van der Waals surface area contributed by atoms with Crippen molar-refractivity contribution in [3.05, 3.63) is 33.7 Å². The van der Waals surface area contributed by atoms with Crippen molar-refractivity contribution in [2.24, 2.45) is 5.92 Å². The maximum absolute atomic E-state index is 12.5. The summed E-state index contributed by atoms with van der Waals surface area (Å²) in [7, 11) is 0. The minimum absolute atomic E-state index is 0.0352. The Balaban J connectivity index is 2.28. The van der Waals surface area contributed by atoms with Crippen LogP contribution >= 0.6 is 0 Å². The molecule has 0 saturated carbocycles. The van der Waals surface area contributed by atoms with Gasteiger partial charge in [0, 0.05) is 19.0 Å². The van der Waals surface area contributed by atoms with Gasteiger partial charge in [0.25, 0.3) is 11.5 Å². The molecular formula is C13H15F3N2O3. The van der Waals surface area contributed by atoms with Crippen molar-refractivity contribution in [1.29, 1.82) is 0 Å². The highest BCUT2D eigenvalue weighted by atomic mass is 19.4. The number of nitrogens with one attached hydrogen (secondary N) is 1. The van der Waals surface area contributed by atoms with Crippen molar-refractivity contribution in [1.82, 2.24) is 9.88 Å². The number of alkyl halides is 3. The molecule has 0 aromatic carbocycles. The Morgan fingerprint density at radius 2 is 2.10 bits per heavy atom. The molecule has 1 aliphatic heterocycles. The third kappa shape index (κ3) is 2.94. The predicted octanol–water partition coefficient (Wildman–Crippen LogP) is 1.24. The van der Waals surface area contributed by atoms with Crippen molar-refractivity contribution >= 4 is 5.91 Å². The van der Waals surface area contributed by atoms with E-state index in [1.165, 1.54) is 4.90 Å². The van der Waals surface area contributed by atoms with Crippen LogP contribution in [-0.2, 0) is 6.18 Å². The second kappa shape index (κ2) is 4.87. The second-order valence-electron chi connectivity index (χ2n) is 5.56. The summed E-state index contributed by atoms with van der Waals surface area (Å²) in [5.74, 6) is -0.871. The molecule has 0 unspecified atom stereocenters. The van der Waals surface area contributed by atoms with Gasteiger partial charge in [-0.3, -0.25) is 9.59 Å². The van der Waals surface area contributed by atoms with Gasteiger partial charge in [0.05, 0.1) is 5.60 Å². The molecule has 1 saturated heterocycles. The highest BCUT2D eigenvalue weighted by Gasteiger charge is 2.41. The molecule has 0 spiro atoms. The summed E-state index contributed by atoms with van der Waals surface area (Å²) in [5.41, 5.74) is -3.73. The number of aliphatic hydroxyl groups is 1. The molecular weight excluding hydrogens is 289 g/mol. The van der Waals surface area contributed by atoms with E-state index in [-0.39, 0.29) is 24.6 Å². The summed E-state index contributed by atoms with van der Waals surface area (Å²) < 4.78 is 37.4. The second-order valence-corrected chi connectivity index (χ2v) is 5.56. The lowest BCUT2D eigenvalue weighted by atomic mass is 9.95. The van der Waals surface area contributed by atoms with Gasteiger partial charge in [0.2, 0.25) is 0 Å². The van der Waals surface area contributed by atoms with Gasteiger partial charge in [-0.2, -0.15) is 13.2 Å². The van der Waals surface area contributed by atoms with E-state index in [0.29, 0.717) is 6.07 Å². The van der Waals surface area contributed by atoms with Crippen molar-refractivity contribution in [3.63, 3.8) is 0 Å². The van der Waals surface area contributed by atoms with E-state index < -0.39 is 28.9 Å². The number of hydrogen-bond acceptors (Lipinski definition) is 3. The molecule has 1 fully saturated rings. The first-order chi connectivity index (χ1) is 9.52. The summed E-state index contributed by atoms with van der Waals surface area (Å²) in [5, 5.41) is 10.0. The van der Waals surface area contributed by atoms with Crippen LogP contribution in [0.25, 0.3) is 0 Å². The fraction of sp³-hybridized carbons (Fsp3) is 0.538. The first-order valence-electron chi connectivity index (χ1n) is 6.34. The minimum atomic E-state index is -4.67. The van der Waals surface area contributed by atoms with Gasteiger partial charge < -0.3 is 15.0 Å². The lowest BCUT2D eigenvalue weighted by molar-refractivity contribution is -0.141. The summed E-state index contributed by atoms with van der Waals surface area (Å²) in [4.78, 5) is 26.8. The first-order valence-corrected chi connectivity index (χ1v) is 6.34. The monoisotopic (exact) mass is 304 g/mol. The van der Waals surface area contributed by atoms with Crippen molar-refractivity contribution in [2.75, 3.05) is 13.1 Å². The lowest BCUT2D eigenvalue weighted by Gasteiger charge is -2.20. The number of hydrogen-bond donors (Lipinski definition) is 2. The zero-order valence-corrected chi connectivity index (χ0v) is 11.5. The van der Waals surface area contributed by atoms with Crippen LogP contribution in [0.5, 0.6) is 0 Å². The molecule has 2 rings (SSSR count). The number of aromatic nitrogens is 1. The van der Waals surface area contributed by atoms with Crippen molar-refractivity contribution in [2.45, 2.75) is 25.6 Å². The molecule has 2 heterocycles. The molecule has 0 radical (unpaired) electrons. The third-order valence-electron chi connectivity index (χ3n) is 3.80. The summed E-state index contributed by atoms with van der Waals surface area (Å²) >= 11 is 0. The van der Waals surface area contributed by atoms with Crippen LogP contribution in [0.1, 0.15) is 29.9 Å². The summed E-state index contributed by atoms with van der Waals surface area (Å²) in [6.45, 7) is 3.60. The topological polar surface area (TPSA) is 73.4 Å². The van der Waals surface area contributed by atoms with Crippen LogP contribution in [0.3, 0.4) is 0 Å². The first kappa shape index (κ1) is 15.6. The predicted molar refractivity (Wildman–Crippen MR) is 67.8 cm³/mol. The molecule has 21 heavy (non-hydrogen) atoms. The van der Waals surface area contributed by atoms with E-state index >= 15 is 0 Å². The Kier molecular flexibility index (Phi) is 3.61. The number of nitrogens with zero attached hydrogens (tertiary/aromatic N) is 1. The van der Waals surface area contributed by atoms with Gasteiger partial charge in [-0.05, 0) is 19.1 Å². The van der Waals surface area contributed by atoms with E-state index in [9.17, 15) is 27.9 Å². The molecule has 1 aliphatic rings. The number of rotatable bonds is 1. The molecule has 2 N–H and O–H groups in total. The Morgan fingerprint density at radius 3 is 2.52 bits per heavy atom. The zero-order chi connectivity index (χ0) is 16.0. The molecule has 2 atom stereocenters. The minimum Gasteiger partial charge on any atom is -0.388 e. The van der Waals surface area contributed by atoms with Crippen LogP contribution in [0, 0.1) is 5.92 Å². The molecule has 0 aliphatic carbocycles. The highest BCUT2D eigenvalue weighted by Crippen LogP contribution is 2.28. The van der Waals surface area contributed by atoms with Crippen molar-refractivity contribution in [3.8, 4) is 0 Å². The zero-order valence-electron chi connectivity index (χ0n) is 11.5. The summed E-state index contributed by atoms with van der Waals surface area (Å²) in [6.07, 6.45) is -4.67. The maximum atomic E-state index is 12.5. The molecule has 5 nitrogen and oxygen atoms in total. The number of likely N-dealkylation sites (tertiary alicyclic amines) is 1. The number of β-amino-alcohol motifs (C(OH)–C–C–N with tert-alkyl or cyclic N) is 1. The largest absolute Gasteiger partial charge is 0.431 e. The molecule has 116 valence electrons. The average molecular weight is 304 g/mol. The van der Waals surface area contributed by atoms with Crippen LogP contribution < -0.4 is 5.56 Å². The van der Waals surface area contributed by atoms with E-state index in [2.05, 4.69) is 0 Å². The standard InChI is InChI=1S/C13H15F3N2O3/c1-7-5-18(6-12(7,2)21)11(20)8-3-4-9(13(14,15)16)17-10(8)19/h3-4,7,21H,5-6H2,1-2H3,(H,17,19)/t7-,12+/m1/s1. The number of halogens is 3. The molecule has 0 bridgehead atoms. The number of carbonyl (C=O) groups is 1. The fourth-order valence-electron chi connectivity index (χ4n) is 2.27. The number of carbonyl (C=O) groups excluding carboxylic acids is 1. The Morgan fingerprint density at radius 1 is 1.48 bits per heavy atom. The molecule has 8 heteroatoms. The van der Waals surface area contributed by atoms with Gasteiger partial charge in [0.15, 0.2) is 0 Å². The van der Waals surface area contributed by atoms with E-state index in [0.717, 1.165) is 6.07 Å². The van der Waals surface area contributed by atoms with E-state index in [1.54, 1.807) is 18.8 Å². The highest BCUT2D eigenvalue weighted by molar-refractivity contribution is 5.94. The average Bonchev–Trinajstić information content (AvgIpc) is 2.62. The lowest BCUT2D eigenvalue weighted by Crippen LogP contribution is -2.37. The summed E-state index contributed by atoms with van der Waals surface area (Å²) in [6, 6.07) is 1.52. The number of aromatic amines is 1. The molecule has 1 aromatic heterocycles. The number of amides is 1. The Hall–Kier alpha value is -1.83. The third-order valence-corrected chi connectivity index (χ3v) is 3.80. The Bertz CT molecular complexity index is 622. The van der Waals surface area contributed by atoms with Crippen LogP contribution in [0.2, 0.25) is 0 Å². The number of pyridine rings is 1. The van der Waals surface area contributed by atoms with Gasteiger partial charge in [-0.1, -0.05) is 6.92 Å².